The van der Waals surface area contributed by atoms with E-state index in [2.05, 4.69) is 4.74 Å². The lowest BCUT2D eigenvalue weighted by Gasteiger charge is -2.09. The topological polar surface area (TPSA) is 46.5 Å². The average molecular weight is 241 g/mol. The second kappa shape index (κ2) is 3.98. The molecule has 0 heterocycles. The Morgan fingerprint density at radius 1 is 1.40 bits per heavy atom. The van der Waals surface area contributed by atoms with Crippen LogP contribution in [-0.4, -0.2) is 17.4 Å². The zero-order chi connectivity index (χ0) is 11.6. The number of alkyl halides is 3. The van der Waals surface area contributed by atoms with Crippen LogP contribution in [0, 0.1) is 0 Å². The van der Waals surface area contributed by atoms with Crippen molar-refractivity contribution in [1.82, 2.24) is 0 Å². The lowest BCUT2D eigenvalue weighted by molar-refractivity contribution is -0.274. The molecule has 7 heteroatoms. The number of carbonyl (C=O) groups is 1. The van der Waals surface area contributed by atoms with Crippen LogP contribution < -0.4 is 4.74 Å². The van der Waals surface area contributed by atoms with E-state index in [4.69, 9.17) is 16.7 Å². The zero-order valence-corrected chi connectivity index (χ0v) is 7.76. The second-order valence-corrected chi connectivity index (χ2v) is 2.90. The van der Waals surface area contributed by atoms with Gasteiger partial charge in [-0.1, -0.05) is 11.6 Å². The van der Waals surface area contributed by atoms with Gasteiger partial charge < -0.3 is 9.84 Å². The normalized spacial score (nSPS) is 11.2. The van der Waals surface area contributed by atoms with Gasteiger partial charge in [-0.25, -0.2) is 4.79 Å². The van der Waals surface area contributed by atoms with E-state index >= 15 is 0 Å². The van der Waals surface area contributed by atoms with Crippen molar-refractivity contribution in [3.05, 3.63) is 28.8 Å². The van der Waals surface area contributed by atoms with Crippen molar-refractivity contribution in [3.63, 3.8) is 0 Å². The van der Waals surface area contributed by atoms with Gasteiger partial charge in [-0.3, -0.25) is 0 Å². The van der Waals surface area contributed by atoms with Crippen LogP contribution in [0.4, 0.5) is 13.2 Å². The van der Waals surface area contributed by atoms with Crippen molar-refractivity contribution in [2.24, 2.45) is 0 Å². The van der Waals surface area contributed by atoms with Crippen molar-refractivity contribution in [1.29, 1.82) is 0 Å². The highest BCUT2D eigenvalue weighted by molar-refractivity contribution is 6.33. The SMILES string of the molecule is O=C(O)c1cc(OC(F)(F)F)ccc1Cl. The summed E-state index contributed by atoms with van der Waals surface area (Å²) in [6.45, 7) is 0. The third-order valence-corrected chi connectivity index (χ3v) is 1.73. The lowest BCUT2D eigenvalue weighted by atomic mass is 10.2. The van der Waals surface area contributed by atoms with Crippen LogP contribution in [-0.2, 0) is 0 Å². The van der Waals surface area contributed by atoms with Crippen molar-refractivity contribution in [2.45, 2.75) is 6.36 Å². The van der Waals surface area contributed by atoms with Crippen molar-refractivity contribution in [3.8, 4) is 5.75 Å². The first-order valence-corrected chi connectivity index (χ1v) is 3.96. The number of benzene rings is 1. The quantitative estimate of drug-likeness (QED) is 0.864. The molecule has 0 unspecified atom stereocenters. The maximum Gasteiger partial charge on any atom is 0.573 e. The summed E-state index contributed by atoms with van der Waals surface area (Å²) in [5, 5.41) is 8.41. The van der Waals surface area contributed by atoms with Crippen LogP contribution in [0.3, 0.4) is 0 Å². The van der Waals surface area contributed by atoms with E-state index in [1.165, 1.54) is 0 Å². The number of rotatable bonds is 2. The summed E-state index contributed by atoms with van der Waals surface area (Å²) in [6, 6.07) is 2.66. The standard InChI is InChI=1S/C8H4ClF3O3/c9-6-2-1-4(15-8(10,11)12)3-5(6)7(13)14/h1-3H,(H,13,14). The van der Waals surface area contributed by atoms with Gasteiger partial charge in [0.1, 0.15) is 5.75 Å². The number of carboxylic acid groups (broad SMARTS) is 1. The van der Waals surface area contributed by atoms with Crippen LogP contribution in [0.5, 0.6) is 5.75 Å². The Kier molecular flexibility index (Phi) is 3.09. The van der Waals surface area contributed by atoms with Gasteiger partial charge in [-0.15, -0.1) is 13.2 Å². The molecule has 1 rings (SSSR count). The van der Waals surface area contributed by atoms with Gasteiger partial charge in [0.2, 0.25) is 0 Å². The molecular weight excluding hydrogens is 237 g/mol. The number of carboxylic acids is 1. The van der Waals surface area contributed by atoms with Gasteiger partial charge >= 0.3 is 12.3 Å². The molecule has 0 aliphatic rings. The zero-order valence-electron chi connectivity index (χ0n) is 7.01. The molecule has 1 aromatic carbocycles. The molecule has 0 aliphatic heterocycles. The fraction of sp³-hybridized carbons (Fsp3) is 0.125. The molecule has 0 atom stereocenters. The molecule has 1 N–H and O–H groups in total. The fourth-order valence-corrected chi connectivity index (χ4v) is 1.06. The maximum atomic E-state index is 11.8. The van der Waals surface area contributed by atoms with Crippen LogP contribution in [0.25, 0.3) is 0 Å². The summed E-state index contributed by atoms with van der Waals surface area (Å²) in [4.78, 5) is 10.5. The number of hydrogen-bond acceptors (Lipinski definition) is 2. The smallest absolute Gasteiger partial charge is 0.478 e. The van der Waals surface area contributed by atoms with Gasteiger partial charge in [0.25, 0.3) is 0 Å². The van der Waals surface area contributed by atoms with Crippen LogP contribution >= 0.6 is 11.6 Å². The molecule has 15 heavy (non-hydrogen) atoms. The Balaban J connectivity index is 3.03. The first-order valence-electron chi connectivity index (χ1n) is 3.58. The molecule has 0 aliphatic carbocycles. The number of halogens is 4. The van der Waals surface area contributed by atoms with Gasteiger partial charge in [0, 0.05) is 0 Å². The summed E-state index contributed by atoms with van der Waals surface area (Å²) in [7, 11) is 0. The predicted octanol–water partition coefficient (Wildman–Crippen LogP) is 2.94. The maximum absolute atomic E-state index is 11.8. The van der Waals surface area contributed by atoms with Gasteiger partial charge in [-0.2, -0.15) is 0 Å². The highest BCUT2D eigenvalue weighted by Crippen LogP contribution is 2.26. The Hall–Kier alpha value is -1.43. The molecule has 0 spiro atoms. The van der Waals surface area contributed by atoms with E-state index in [1.54, 1.807) is 0 Å². The molecule has 0 radical (unpaired) electrons. The minimum absolute atomic E-state index is 0.156. The van der Waals surface area contributed by atoms with Crippen molar-refractivity contribution < 1.29 is 27.8 Å². The molecular formula is C8H4ClF3O3. The number of aromatic carboxylic acids is 1. The van der Waals surface area contributed by atoms with Gasteiger partial charge in [-0.05, 0) is 18.2 Å². The fourth-order valence-electron chi connectivity index (χ4n) is 0.865. The Morgan fingerprint density at radius 2 is 2.00 bits per heavy atom. The molecule has 0 amide bonds. The molecule has 0 aromatic heterocycles. The Morgan fingerprint density at radius 3 is 2.47 bits per heavy atom. The first kappa shape index (κ1) is 11.6. The third-order valence-electron chi connectivity index (χ3n) is 1.40. The predicted molar refractivity (Wildman–Crippen MR) is 45.1 cm³/mol. The second-order valence-electron chi connectivity index (χ2n) is 2.49. The molecule has 0 saturated carbocycles. The molecule has 82 valence electrons. The van der Waals surface area contributed by atoms with E-state index in [-0.39, 0.29) is 5.02 Å². The van der Waals surface area contributed by atoms with E-state index in [9.17, 15) is 18.0 Å². The Labute approximate surface area is 87.0 Å². The van der Waals surface area contributed by atoms with Crippen molar-refractivity contribution >= 4 is 17.6 Å². The Bertz CT molecular complexity index is 389. The first-order chi connectivity index (χ1) is 6.79. The summed E-state index contributed by atoms with van der Waals surface area (Å²) >= 11 is 5.44. The summed E-state index contributed by atoms with van der Waals surface area (Å²) in [5.41, 5.74) is -0.446. The van der Waals surface area contributed by atoms with E-state index in [0.29, 0.717) is 6.07 Å². The largest absolute Gasteiger partial charge is 0.573 e. The monoisotopic (exact) mass is 240 g/mol. The molecule has 0 fully saturated rings. The lowest BCUT2D eigenvalue weighted by Crippen LogP contribution is -2.17. The van der Waals surface area contributed by atoms with Crippen LogP contribution in [0.2, 0.25) is 5.02 Å². The van der Waals surface area contributed by atoms with E-state index in [1.807, 2.05) is 0 Å². The summed E-state index contributed by atoms with van der Waals surface area (Å²) in [5.74, 6) is -2.04. The van der Waals surface area contributed by atoms with Crippen LogP contribution in [0.1, 0.15) is 10.4 Å². The van der Waals surface area contributed by atoms with E-state index in [0.717, 1.165) is 12.1 Å². The average Bonchev–Trinajstić information content (AvgIpc) is 2.05. The molecule has 0 saturated heterocycles. The minimum Gasteiger partial charge on any atom is -0.478 e. The van der Waals surface area contributed by atoms with E-state index < -0.39 is 23.6 Å². The molecule has 1 aromatic rings. The highest BCUT2D eigenvalue weighted by Gasteiger charge is 2.31. The minimum atomic E-state index is -4.86. The number of ether oxygens (including phenoxy) is 1. The summed E-state index contributed by atoms with van der Waals surface area (Å²) < 4.78 is 38.8. The molecule has 3 nitrogen and oxygen atoms in total. The number of hydrogen-bond donors (Lipinski definition) is 1. The van der Waals surface area contributed by atoms with Gasteiger partial charge in [0.15, 0.2) is 0 Å². The van der Waals surface area contributed by atoms with Crippen LogP contribution in [0.15, 0.2) is 18.2 Å². The third kappa shape index (κ3) is 3.32. The van der Waals surface area contributed by atoms with Crippen molar-refractivity contribution in [2.75, 3.05) is 0 Å². The van der Waals surface area contributed by atoms with Gasteiger partial charge in [0.05, 0.1) is 10.6 Å². The molecule has 0 bridgehead atoms. The summed E-state index contributed by atoms with van der Waals surface area (Å²) in [6.07, 6.45) is -4.86. The highest BCUT2D eigenvalue weighted by atomic mass is 35.5.